The molecule has 1 aliphatic carbocycles. The van der Waals surface area contributed by atoms with Crippen LogP contribution in [0.15, 0.2) is 38.6 Å². The van der Waals surface area contributed by atoms with E-state index in [9.17, 15) is 17.6 Å². The summed E-state index contributed by atoms with van der Waals surface area (Å²) in [5.74, 6) is -1.28. The van der Waals surface area contributed by atoms with E-state index < -0.39 is 21.4 Å². The third-order valence-electron chi connectivity index (χ3n) is 4.29. The van der Waals surface area contributed by atoms with Gasteiger partial charge in [-0.3, -0.25) is 4.57 Å². The van der Waals surface area contributed by atoms with Gasteiger partial charge >= 0.3 is 5.76 Å². The number of halogens is 1. The van der Waals surface area contributed by atoms with Crippen LogP contribution in [0, 0.1) is 5.82 Å². The first-order valence-electron chi connectivity index (χ1n) is 7.58. The van der Waals surface area contributed by atoms with Crippen LogP contribution in [0.4, 0.5) is 4.39 Å². The van der Waals surface area contributed by atoms with E-state index in [4.69, 9.17) is 4.42 Å². The van der Waals surface area contributed by atoms with E-state index in [1.54, 1.807) is 4.57 Å². The quantitative estimate of drug-likeness (QED) is 0.861. The number of nitrogens with zero attached hydrogens (tertiary/aromatic N) is 1. The van der Waals surface area contributed by atoms with Crippen LogP contribution in [0.25, 0.3) is 11.3 Å². The summed E-state index contributed by atoms with van der Waals surface area (Å²) in [4.78, 5) is 11.7. The van der Waals surface area contributed by atoms with Crippen LogP contribution < -0.4 is 5.76 Å². The van der Waals surface area contributed by atoms with Gasteiger partial charge in [0.15, 0.2) is 9.84 Å². The minimum atomic E-state index is -3.62. The third kappa shape index (κ3) is 3.10. The maximum absolute atomic E-state index is 14.1. The molecule has 7 heteroatoms. The van der Waals surface area contributed by atoms with Crippen LogP contribution in [0.3, 0.4) is 0 Å². The van der Waals surface area contributed by atoms with Crippen LogP contribution in [0.1, 0.15) is 38.1 Å². The molecule has 1 heterocycles. The maximum atomic E-state index is 14.1. The first-order valence-corrected chi connectivity index (χ1v) is 9.47. The van der Waals surface area contributed by atoms with Crippen molar-refractivity contribution in [2.24, 2.45) is 0 Å². The molecule has 1 aromatic carbocycles. The predicted octanol–water partition coefficient (Wildman–Crippen LogP) is 3.16. The van der Waals surface area contributed by atoms with Crippen LogP contribution >= 0.6 is 0 Å². The van der Waals surface area contributed by atoms with Crippen molar-refractivity contribution in [3.63, 3.8) is 0 Å². The van der Waals surface area contributed by atoms with E-state index in [0.29, 0.717) is 11.3 Å². The Hall–Kier alpha value is -1.89. The molecule has 0 spiro atoms. The van der Waals surface area contributed by atoms with Crippen molar-refractivity contribution in [2.45, 2.75) is 43.0 Å². The van der Waals surface area contributed by atoms with E-state index in [0.717, 1.165) is 44.4 Å². The van der Waals surface area contributed by atoms with E-state index >= 15 is 0 Å². The van der Waals surface area contributed by atoms with Gasteiger partial charge in [-0.05, 0) is 25.0 Å². The van der Waals surface area contributed by atoms with Gasteiger partial charge in [-0.25, -0.2) is 17.6 Å². The molecule has 0 N–H and O–H groups in total. The van der Waals surface area contributed by atoms with Gasteiger partial charge in [-0.2, -0.15) is 0 Å². The lowest BCUT2D eigenvalue weighted by atomic mass is 9.95. The summed E-state index contributed by atoms with van der Waals surface area (Å²) in [7, 11) is -3.62. The highest BCUT2D eigenvalue weighted by Crippen LogP contribution is 2.32. The van der Waals surface area contributed by atoms with Crippen molar-refractivity contribution in [3.05, 3.63) is 40.8 Å². The normalized spacial score (nSPS) is 16.6. The van der Waals surface area contributed by atoms with E-state index in [2.05, 4.69) is 0 Å². The highest BCUT2D eigenvalue weighted by Gasteiger charge is 2.23. The van der Waals surface area contributed by atoms with Crippen LogP contribution in [-0.4, -0.2) is 19.2 Å². The van der Waals surface area contributed by atoms with Crippen LogP contribution in [0.5, 0.6) is 0 Å². The third-order valence-corrected chi connectivity index (χ3v) is 5.42. The number of sulfone groups is 1. The Balaban J connectivity index is 2.06. The van der Waals surface area contributed by atoms with Crippen molar-refractivity contribution >= 4 is 9.84 Å². The minimum Gasteiger partial charge on any atom is -0.416 e. The molecule has 1 aromatic heterocycles. The maximum Gasteiger partial charge on any atom is 0.419 e. The van der Waals surface area contributed by atoms with Crippen LogP contribution in [0.2, 0.25) is 0 Å². The number of oxazole rings is 1. The molecule has 23 heavy (non-hydrogen) atoms. The van der Waals surface area contributed by atoms with Gasteiger partial charge in [0.1, 0.15) is 17.0 Å². The van der Waals surface area contributed by atoms with Crippen molar-refractivity contribution in [2.75, 3.05) is 6.26 Å². The lowest BCUT2D eigenvalue weighted by Gasteiger charge is -2.23. The SMILES string of the molecule is CS(=O)(=O)c1ccc(-c2coc(=O)n2C2CCCCC2)cc1F. The fourth-order valence-electron chi connectivity index (χ4n) is 3.17. The molecule has 124 valence electrons. The average molecular weight is 339 g/mol. The Morgan fingerprint density at radius 2 is 1.91 bits per heavy atom. The van der Waals surface area contributed by atoms with Crippen molar-refractivity contribution in [3.8, 4) is 11.3 Å². The molecule has 1 saturated carbocycles. The fourth-order valence-corrected chi connectivity index (χ4v) is 3.90. The molecule has 0 atom stereocenters. The zero-order valence-corrected chi connectivity index (χ0v) is 13.6. The molecule has 5 nitrogen and oxygen atoms in total. The summed E-state index contributed by atoms with van der Waals surface area (Å²) in [5, 5.41) is 0. The lowest BCUT2D eigenvalue weighted by Crippen LogP contribution is -2.23. The monoisotopic (exact) mass is 339 g/mol. The molecule has 0 radical (unpaired) electrons. The zero-order chi connectivity index (χ0) is 16.6. The van der Waals surface area contributed by atoms with Gasteiger partial charge in [0.25, 0.3) is 0 Å². The molecule has 0 amide bonds. The number of rotatable bonds is 3. The van der Waals surface area contributed by atoms with Gasteiger partial charge in [0.05, 0.1) is 5.69 Å². The summed E-state index contributed by atoms with van der Waals surface area (Å²) in [6.07, 6.45) is 7.28. The summed E-state index contributed by atoms with van der Waals surface area (Å²) in [6.45, 7) is 0. The number of hydrogen-bond donors (Lipinski definition) is 0. The topological polar surface area (TPSA) is 69.3 Å². The first kappa shape index (κ1) is 16.0. The lowest BCUT2D eigenvalue weighted by molar-refractivity contribution is 0.331. The van der Waals surface area contributed by atoms with E-state index in [1.165, 1.54) is 18.4 Å². The smallest absolute Gasteiger partial charge is 0.416 e. The molecular weight excluding hydrogens is 321 g/mol. The zero-order valence-electron chi connectivity index (χ0n) is 12.8. The van der Waals surface area contributed by atoms with Gasteiger partial charge in [0, 0.05) is 17.9 Å². The Kier molecular flexibility index (Phi) is 4.14. The largest absolute Gasteiger partial charge is 0.419 e. The van der Waals surface area contributed by atoms with Crippen molar-refractivity contribution in [1.82, 2.24) is 4.57 Å². The molecule has 0 unspecified atom stereocenters. The highest BCUT2D eigenvalue weighted by molar-refractivity contribution is 7.90. The van der Waals surface area contributed by atoms with Gasteiger partial charge < -0.3 is 4.42 Å². The van der Waals surface area contributed by atoms with Gasteiger partial charge in [-0.15, -0.1) is 0 Å². The Morgan fingerprint density at radius 1 is 1.22 bits per heavy atom. The predicted molar refractivity (Wildman–Crippen MR) is 83.6 cm³/mol. The summed E-state index contributed by atoms with van der Waals surface area (Å²) in [5.41, 5.74) is 0.923. The molecule has 0 saturated heterocycles. The van der Waals surface area contributed by atoms with Gasteiger partial charge in [-0.1, -0.05) is 25.3 Å². The van der Waals surface area contributed by atoms with Gasteiger partial charge in [0.2, 0.25) is 0 Å². The number of benzene rings is 1. The summed E-state index contributed by atoms with van der Waals surface area (Å²) >= 11 is 0. The van der Waals surface area contributed by atoms with Crippen molar-refractivity contribution < 1.29 is 17.2 Å². The second kappa shape index (κ2) is 5.96. The molecule has 2 aromatic rings. The van der Waals surface area contributed by atoms with E-state index in [1.807, 2.05) is 0 Å². The second-order valence-corrected chi connectivity index (χ2v) is 7.95. The Labute approximate surface area is 133 Å². The molecule has 1 fully saturated rings. The fraction of sp³-hybridized carbons (Fsp3) is 0.438. The molecule has 3 rings (SSSR count). The number of aromatic nitrogens is 1. The minimum absolute atomic E-state index is 0.0441. The first-order chi connectivity index (χ1) is 10.9. The average Bonchev–Trinajstić information content (AvgIpc) is 2.88. The highest BCUT2D eigenvalue weighted by atomic mass is 32.2. The number of hydrogen-bond acceptors (Lipinski definition) is 4. The second-order valence-electron chi connectivity index (χ2n) is 5.97. The standard InChI is InChI=1S/C16H18FNO4S/c1-23(20,21)15-8-7-11(9-13(15)17)14-10-22-16(19)18(14)12-5-3-2-4-6-12/h7-10,12H,2-6H2,1H3. The van der Waals surface area contributed by atoms with Crippen LogP contribution in [-0.2, 0) is 9.84 Å². The van der Waals surface area contributed by atoms with E-state index in [-0.39, 0.29) is 10.9 Å². The Bertz CT molecular complexity index is 876. The molecule has 1 aliphatic rings. The van der Waals surface area contributed by atoms with Crippen molar-refractivity contribution in [1.29, 1.82) is 0 Å². The Morgan fingerprint density at radius 3 is 2.52 bits per heavy atom. The summed E-state index contributed by atoms with van der Waals surface area (Å²) in [6, 6.07) is 3.91. The summed E-state index contributed by atoms with van der Waals surface area (Å²) < 4.78 is 43.7. The molecule has 0 bridgehead atoms. The molecule has 0 aliphatic heterocycles. The molecular formula is C16H18FNO4S.